The Morgan fingerprint density at radius 2 is 2.18 bits per heavy atom. The molecule has 0 aliphatic heterocycles. The lowest BCUT2D eigenvalue weighted by molar-refractivity contribution is 0.560. The fraction of sp³-hybridized carbons (Fsp3) is 0.222. The Kier molecular flexibility index (Phi) is 3.17. The molecular formula is C9H9OS. The van der Waals surface area contributed by atoms with E-state index in [1.807, 2.05) is 37.5 Å². The zero-order valence-corrected chi connectivity index (χ0v) is 7.15. The summed E-state index contributed by atoms with van der Waals surface area (Å²) >= 11 is 1.52. The van der Waals surface area contributed by atoms with Crippen LogP contribution in [0.1, 0.15) is 5.56 Å². The molecule has 11 heavy (non-hydrogen) atoms. The van der Waals surface area contributed by atoms with Gasteiger partial charge in [0.25, 0.3) is 0 Å². The average Bonchev–Trinajstić information content (AvgIpc) is 2.03. The molecule has 0 heterocycles. The third kappa shape index (κ3) is 2.39. The SMILES string of the molecule is Cc1ccccc1SC[C]=O. The predicted octanol–water partition coefficient (Wildman–Crippen LogP) is 2.20. The van der Waals surface area contributed by atoms with Crippen LogP contribution in [-0.2, 0) is 4.79 Å². The van der Waals surface area contributed by atoms with E-state index in [9.17, 15) is 4.79 Å². The molecule has 2 heteroatoms. The summed E-state index contributed by atoms with van der Waals surface area (Å²) in [7, 11) is 0. The summed E-state index contributed by atoms with van der Waals surface area (Å²) in [5.41, 5.74) is 1.22. The highest BCUT2D eigenvalue weighted by atomic mass is 32.2. The first-order valence-corrected chi connectivity index (χ1v) is 4.36. The van der Waals surface area contributed by atoms with Crippen molar-refractivity contribution in [3.63, 3.8) is 0 Å². The van der Waals surface area contributed by atoms with Gasteiger partial charge in [0.05, 0.1) is 5.75 Å². The van der Waals surface area contributed by atoms with Gasteiger partial charge in [-0.05, 0) is 18.6 Å². The van der Waals surface area contributed by atoms with Crippen molar-refractivity contribution < 1.29 is 4.79 Å². The third-order valence-corrected chi connectivity index (χ3v) is 2.41. The Bertz CT molecular complexity index is 245. The molecule has 0 bridgehead atoms. The van der Waals surface area contributed by atoms with E-state index in [4.69, 9.17) is 0 Å². The molecule has 0 unspecified atom stereocenters. The van der Waals surface area contributed by atoms with Gasteiger partial charge in [-0.25, -0.2) is 0 Å². The first-order chi connectivity index (χ1) is 5.34. The Hall–Kier alpha value is -0.760. The molecular weight excluding hydrogens is 156 g/mol. The van der Waals surface area contributed by atoms with Crippen LogP contribution in [0.5, 0.6) is 0 Å². The first-order valence-electron chi connectivity index (χ1n) is 3.38. The molecule has 0 fully saturated rings. The normalized spacial score (nSPS) is 9.55. The molecule has 57 valence electrons. The van der Waals surface area contributed by atoms with E-state index in [0.717, 1.165) is 4.90 Å². The van der Waals surface area contributed by atoms with Crippen molar-refractivity contribution >= 4 is 18.0 Å². The monoisotopic (exact) mass is 165 g/mol. The molecule has 1 rings (SSSR count). The van der Waals surface area contributed by atoms with Crippen molar-refractivity contribution in [2.45, 2.75) is 11.8 Å². The lowest BCUT2D eigenvalue weighted by Gasteiger charge is -2.00. The maximum absolute atomic E-state index is 9.94. The molecule has 0 spiro atoms. The summed E-state index contributed by atoms with van der Waals surface area (Å²) in [6.45, 7) is 2.03. The van der Waals surface area contributed by atoms with Crippen molar-refractivity contribution in [3.05, 3.63) is 29.8 Å². The summed E-state index contributed by atoms with van der Waals surface area (Å²) < 4.78 is 0. The Morgan fingerprint density at radius 3 is 2.82 bits per heavy atom. The van der Waals surface area contributed by atoms with E-state index in [1.165, 1.54) is 17.3 Å². The summed E-state index contributed by atoms with van der Waals surface area (Å²) in [4.78, 5) is 11.1. The van der Waals surface area contributed by atoms with Crippen molar-refractivity contribution in [1.82, 2.24) is 0 Å². The topological polar surface area (TPSA) is 17.1 Å². The van der Waals surface area contributed by atoms with Crippen molar-refractivity contribution in [2.24, 2.45) is 0 Å². The van der Waals surface area contributed by atoms with Crippen LogP contribution in [0.3, 0.4) is 0 Å². The number of aryl methyl sites for hydroxylation is 1. The van der Waals surface area contributed by atoms with Crippen LogP contribution in [0.15, 0.2) is 29.2 Å². The minimum atomic E-state index is 0.421. The smallest absolute Gasteiger partial charge is 0.209 e. The molecule has 0 saturated carbocycles. The van der Waals surface area contributed by atoms with E-state index in [1.54, 1.807) is 0 Å². The molecule has 1 radical (unpaired) electrons. The fourth-order valence-corrected chi connectivity index (χ4v) is 1.51. The molecule has 0 atom stereocenters. The molecule has 0 N–H and O–H groups in total. The standard InChI is InChI=1S/C9H9OS/c1-8-4-2-3-5-9(8)11-7-6-10/h2-5H,7H2,1H3. The van der Waals surface area contributed by atoms with Crippen LogP contribution in [0.2, 0.25) is 0 Å². The number of thioether (sulfide) groups is 1. The van der Waals surface area contributed by atoms with Crippen LogP contribution in [0, 0.1) is 6.92 Å². The Morgan fingerprint density at radius 1 is 1.45 bits per heavy atom. The molecule has 0 aromatic heterocycles. The minimum Gasteiger partial charge on any atom is -0.290 e. The first kappa shape index (κ1) is 8.34. The highest BCUT2D eigenvalue weighted by Gasteiger charge is 1.95. The van der Waals surface area contributed by atoms with Gasteiger partial charge in [-0.15, -0.1) is 11.8 Å². The van der Waals surface area contributed by atoms with Gasteiger partial charge in [0, 0.05) is 4.90 Å². The van der Waals surface area contributed by atoms with Gasteiger partial charge in [-0.3, -0.25) is 4.79 Å². The van der Waals surface area contributed by atoms with Gasteiger partial charge >= 0.3 is 0 Å². The van der Waals surface area contributed by atoms with Gasteiger partial charge in [-0.1, -0.05) is 18.2 Å². The highest BCUT2D eigenvalue weighted by molar-refractivity contribution is 8.00. The maximum Gasteiger partial charge on any atom is 0.209 e. The average molecular weight is 165 g/mol. The second-order valence-electron chi connectivity index (χ2n) is 2.20. The lowest BCUT2D eigenvalue weighted by atomic mass is 10.2. The van der Waals surface area contributed by atoms with E-state index >= 15 is 0 Å². The second kappa shape index (κ2) is 4.19. The fourth-order valence-electron chi connectivity index (χ4n) is 0.826. The number of hydrogen-bond donors (Lipinski definition) is 0. The van der Waals surface area contributed by atoms with Gasteiger partial charge < -0.3 is 0 Å². The van der Waals surface area contributed by atoms with E-state index in [2.05, 4.69) is 0 Å². The van der Waals surface area contributed by atoms with Crippen molar-refractivity contribution in [1.29, 1.82) is 0 Å². The van der Waals surface area contributed by atoms with Crippen LogP contribution in [0.4, 0.5) is 0 Å². The minimum absolute atomic E-state index is 0.421. The number of rotatable bonds is 3. The van der Waals surface area contributed by atoms with Crippen LogP contribution >= 0.6 is 11.8 Å². The van der Waals surface area contributed by atoms with Crippen molar-refractivity contribution in [2.75, 3.05) is 5.75 Å². The van der Waals surface area contributed by atoms with E-state index in [-0.39, 0.29) is 0 Å². The largest absolute Gasteiger partial charge is 0.290 e. The van der Waals surface area contributed by atoms with Gasteiger partial charge in [0.15, 0.2) is 0 Å². The summed E-state index contributed by atoms with van der Waals surface area (Å²) in [6.07, 6.45) is 1.86. The lowest BCUT2D eigenvalue weighted by Crippen LogP contribution is -1.81. The van der Waals surface area contributed by atoms with Gasteiger partial charge in [-0.2, -0.15) is 0 Å². The van der Waals surface area contributed by atoms with E-state index in [0.29, 0.717) is 5.75 Å². The maximum atomic E-state index is 9.94. The molecule has 0 amide bonds. The summed E-state index contributed by atoms with van der Waals surface area (Å²) in [6, 6.07) is 8.01. The molecule has 0 aliphatic carbocycles. The molecule has 1 aromatic rings. The Labute approximate surface area is 70.8 Å². The van der Waals surface area contributed by atoms with Crippen LogP contribution in [-0.4, -0.2) is 12.0 Å². The predicted molar refractivity (Wildman–Crippen MR) is 47.6 cm³/mol. The summed E-state index contributed by atoms with van der Waals surface area (Å²) in [5.74, 6) is 0.421. The quantitative estimate of drug-likeness (QED) is 0.639. The van der Waals surface area contributed by atoms with Crippen LogP contribution < -0.4 is 0 Å². The molecule has 0 aliphatic rings. The van der Waals surface area contributed by atoms with Crippen molar-refractivity contribution in [3.8, 4) is 0 Å². The second-order valence-corrected chi connectivity index (χ2v) is 3.22. The molecule has 0 saturated heterocycles. The summed E-state index contributed by atoms with van der Waals surface area (Å²) in [5, 5.41) is 0. The third-order valence-electron chi connectivity index (χ3n) is 1.38. The highest BCUT2D eigenvalue weighted by Crippen LogP contribution is 2.20. The van der Waals surface area contributed by atoms with Crippen LogP contribution in [0.25, 0.3) is 0 Å². The van der Waals surface area contributed by atoms with Gasteiger partial charge in [0.2, 0.25) is 6.29 Å². The zero-order chi connectivity index (χ0) is 8.10. The Balaban J connectivity index is 2.69. The molecule has 1 aromatic carbocycles. The number of benzene rings is 1. The van der Waals surface area contributed by atoms with Gasteiger partial charge in [0.1, 0.15) is 0 Å². The number of hydrogen-bond acceptors (Lipinski definition) is 2. The van der Waals surface area contributed by atoms with E-state index < -0.39 is 0 Å². The molecule has 1 nitrogen and oxygen atoms in total. The number of carbonyl (C=O) groups excluding carboxylic acids is 1. The zero-order valence-electron chi connectivity index (χ0n) is 6.33.